The van der Waals surface area contributed by atoms with Gasteiger partial charge in [0.15, 0.2) is 0 Å². The first kappa shape index (κ1) is 16.3. The largest absolute Gasteiger partial charge is 0.497 e. The van der Waals surface area contributed by atoms with Crippen molar-refractivity contribution in [1.29, 1.82) is 0 Å². The summed E-state index contributed by atoms with van der Waals surface area (Å²) in [5.41, 5.74) is 0.922. The number of piperidine rings is 1. The molecule has 2 rings (SSSR count). The van der Waals surface area contributed by atoms with Gasteiger partial charge in [0, 0.05) is 26.7 Å². The van der Waals surface area contributed by atoms with Crippen LogP contribution in [0.2, 0.25) is 0 Å². The second-order valence-electron chi connectivity index (χ2n) is 5.72. The van der Waals surface area contributed by atoms with Gasteiger partial charge in [-0.1, -0.05) is 19.1 Å². The molecule has 1 aromatic rings. The van der Waals surface area contributed by atoms with Gasteiger partial charge in [-0.05, 0) is 36.5 Å². The molecule has 1 fully saturated rings. The predicted octanol–water partition coefficient (Wildman–Crippen LogP) is 2.10. The quantitative estimate of drug-likeness (QED) is 0.836. The van der Waals surface area contributed by atoms with Crippen LogP contribution in [-0.4, -0.2) is 44.3 Å². The van der Waals surface area contributed by atoms with Crippen molar-refractivity contribution >= 4 is 10.2 Å². The highest BCUT2D eigenvalue weighted by molar-refractivity contribution is 7.86. The Bertz CT molecular complexity index is 574. The number of benzene rings is 1. The normalized spacial score (nSPS) is 20.7. The van der Waals surface area contributed by atoms with Gasteiger partial charge < -0.3 is 4.74 Å². The lowest BCUT2D eigenvalue weighted by atomic mass is 10.0. The van der Waals surface area contributed by atoms with E-state index in [1.807, 2.05) is 24.3 Å². The summed E-state index contributed by atoms with van der Waals surface area (Å²) in [6.07, 6.45) is 2.04. The summed E-state index contributed by atoms with van der Waals surface area (Å²) in [7, 11) is -0.148. The van der Waals surface area contributed by atoms with Crippen LogP contribution in [0, 0.1) is 5.92 Å². The second-order valence-corrected chi connectivity index (χ2v) is 7.76. The van der Waals surface area contributed by atoms with E-state index in [9.17, 15) is 8.42 Å². The molecule has 6 heteroatoms. The van der Waals surface area contributed by atoms with E-state index in [1.54, 1.807) is 18.5 Å². The molecule has 0 spiro atoms. The maximum Gasteiger partial charge on any atom is 0.282 e. The monoisotopic (exact) mass is 312 g/mol. The van der Waals surface area contributed by atoms with Crippen molar-refractivity contribution in [2.24, 2.45) is 5.92 Å². The molecule has 5 nitrogen and oxygen atoms in total. The highest BCUT2D eigenvalue weighted by Gasteiger charge is 2.30. The van der Waals surface area contributed by atoms with Crippen molar-refractivity contribution in [2.45, 2.75) is 26.3 Å². The third kappa shape index (κ3) is 3.96. The van der Waals surface area contributed by atoms with Gasteiger partial charge in [0.05, 0.1) is 7.11 Å². The first-order valence-corrected chi connectivity index (χ1v) is 8.67. The number of methoxy groups -OCH3 is 1. The molecule has 0 N–H and O–H groups in total. The summed E-state index contributed by atoms with van der Waals surface area (Å²) in [6, 6.07) is 7.50. The van der Waals surface area contributed by atoms with E-state index in [0.29, 0.717) is 25.6 Å². The Balaban J connectivity index is 2.08. The summed E-state index contributed by atoms with van der Waals surface area (Å²) in [6.45, 7) is 3.69. The third-order valence-electron chi connectivity index (χ3n) is 3.88. The summed E-state index contributed by atoms with van der Waals surface area (Å²) in [5.74, 6) is 1.17. The summed E-state index contributed by atoms with van der Waals surface area (Å²) >= 11 is 0. The van der Waals surface area contributed by atoms with Crippen LogP contribution < -0.4 is 4.74 Å². The van der Waals surface area contributed by atoms with E-state index in [4.69, 9.17) is 4.74 Å². The number of hydrogen-bond acceptors (Lipinski definition) is 3. The first-order chi connectivity index (χ1) is 9.93. The third-order valence-corrected chi connectivity index (χ3v) is 5.78. The van der Waals surface area contributed by atoms with Gasteiger partial charge in [0.1, 0.15) is 5.75 Å². The number of ether oxygens (including phenoxy) is 1. The van der Waals surface area contributed by atoms with E-state index < -0.39 is 10.2 Å². The Kier molecular flexibility index (Phi) is 5.24. The molecular weight excluding hydrogens is 288 g/mol. The molecule has 1 saturated heterocycles. The molecule has 0 aromatic heterocycles. The predicted molar refractivity (Wildman–Crippen MR) is 83.4 cm³/mol. The number of rotatable bonds is 5. The Labute approximate surface area is 127 Å². The van der Waals surface area contributed by atoms with Crippen LogP contribution in [0.15, 0.2) is 24.3 Å². The van der Waals surface area contributed by atoms with E-state index in [2.05, 4.69) is 6.92 Å². The fraction of sp³-hybridized carbons (Fsp3) is 0.600. The van der Waals surface area contributed by atoms with E-state index in [-0.39, 0.29) is 0 Å². The van der Waals surface area contributed by atoms with Gasteiger partial charge >= 0.3 is 0 Å². The molecule has 1 unspecified atom stereocenters. The van der Waals surface area contributed by atoms with Crippen LogP contribution in [0.3, 0.4) is 0 Å². The topological polar surface area (TPSA) is 49.9 Å². The summed E-state index contributed by atoms with van der Waals surface area (Å²) < 4.78 is 33.4. The molecule has 1 aliphatic heterocycles. The molecule has 1 heterocycles. The van der Waals surface area contributed by atoms with Crippen molar-refractivity contribution in [3.8, 4) is 5.75 Å². The Morgan fingerprint density at radius 2 is 2.19 bits per heavy atom. The highest BCUT2D eigenvalue weighted by atomic mass is 32.2. The molecule has 0 aliphatic carbocycles. The average Bonchev–Trinajstić information content (AvgIpc) is 2.47. The first-order valence-electron chi connectivity index (χ1n) is 7.28. The molecule has 0 amide bonds. The van der Waals surface area contributed by atoms with Gasteiger partial charge in [-0.3, -0.25) is 0 Å². The SMILES string of the molecule is COc1cccc(CN(C)S(=O)(=O)N2CCCC(C)C2)c1. The van der Waals surface area contributed by atoms with E-state index >= 15 is 0 Å². The van der Waals surface area contributed by atoms with Crippen LogP contribution in [0.1, 0.15) is 25.3 Å². The Morgan fingerprint density at radius 1 is 1.43 bits per heavy atom. The lowest BCUT2D eigenvalue weighted by Crippen LogP contribution is -2.45. The minimum Gasteiger partial charge on any atom is -0.497 e. The second kappa shape index (κ2) is 6.77. The van der Waals surface area contributed by atoms with E-state index in [0.717, 1.165) is 24.2 Å². The molecular formula is C15H24N2O3S. The average molecular weight is 312 g/mol. The zero-order valence-corrected chi connectivity index (χ0v) is 13.8. The fourth-order valence-electron chi connectivity index (χ4n) is 2.66. The van der Waals surface area contributed by atoms with Crippen molar-refractivity contribution in [1.82, 2.24) is 8.61 Å². The Morgan fingerprint density at radius 3 is 2.86 bits per heavy atom. The molecule has 21 heavy (non-hydrogen) atoms. The van der Waals surface area contributed by atoms with Crippen LogP contribution in [0.5, 0.6) is 5.75 Å². The molecule has 118 valence electrons. The summed E-state index contributed by atoms with van der Waals surface area (Å²) in [5, 5.41) is 0. The lowest BCUT2D eigenvalue weighted by Gasteiger charge is -2.33. The minimum absolute atomic E-state index is 0.352. The van der Waals surface area contributed by atoms with Crippen molar-refractivity contribution in [3.05, 3.63) is 29.8 Å². The number of hydrogen-bond donors (Lipinski definition) is 0. The van der Waals surface area contributed by atoms with Gasteiger partial charge in [-0.2, -0.15) is 17.0 Å². The minimum atomic E-state index is -3.39. The fourth-order valence-corrected chi connectivity index (χ4v) is 4.17. The lowest BCUT2D eigenvalue weighted by molar-refractivity contribution is 0.263. The highest BCUT2D eigenvalue weighted by Crippen LogP contribution is 2.21. The number of nitrogens with zero attached hydrogens (tertiary/aromatic N) is 2. The van der Waals surface area contributed by atoms with Crippen LogP contribution in [-0.2, 0) is 16.8 Å². The maximum absolute atomic E-state index is 12.6. The van der Waals surface area contributed by atoms with Crippen LogP contribution in [0.4, 0.5) is 0 Å². The van der Waals surface area contributed by atoms with Gasteiger partial charge in [0.25, 0.3) is 10.2 Å². The molecule has 0 saturated carbocycles. The summed E-state index contributed by atoms with van der Waals surface area (Å²) in [4.78, 5) is 0. The molecule has 1 atom stereocenters. The molecule has 0 bridgehead atoms. The standard InChI is InChI=1S/C15H24N2O3S/c1-13-6-5-9-17(11-13)21(18,19)16(2)12-14-7-4-8-15(10-14)20-3/h4,7-8,10,13H,5-6,9,11-12H2,1-3H3. The van der Waals surface area contributed by atoms with Gasteiger partial charge in [-0.15, -0.1) is 0 Å². The zero-order chi connectivity index (χ0) is 15.5. The van der Waals surface area contributed by atoms with Crippen LogP contribution in [0.25, 0.3) is 0 Å². The molecule has 1 aliphatic rings. The maximum atomic E-state index is 12.6. The smallest absolute Gasteiger partial charge is 0.282 e. The molecule has 1 aromatic carbocycles. The van der Waals surface area contributed by atoms with Gasteiger partial charge in [-0.25, -0.2) is 0 Å². The van der Waals surface area contributed by atoms with Crippen molar-refractivity contribution < 1.29 is 13.2 Å². The van der Waals surface area contributed by atoms with Gasteiger partial charge in [0.2, 0.25) is 0 Å². The van der Waals surface area contributed by atoms with Crippen molar-refractivity contribution in [2.75, 3.05) is 27.2 Å². The Hall–Kier alpha value is -1.11. The van der Waals surface area contributed by atoms with E-state index in [1.165, 1.54) is 4.31 Å². The van der Waals surface area contributed by atoms with Crippen molar-refractivity contribution in [3.63, 3.8) is 0 Å². The molecule has 0 radical (unpaired) electrons. The van der Waals surface area contributed by atoms with Crippen LogP contribution >= 0.6 is 0 Å². The zero-order valence-electron chi connectivity index (χ0n) is 12.9.